The van der Waals surface area contributed by atoms with Gasteiger partial charge in [-0.2, -0.15) is 0 Å². The average molecular weight is 386 g/mol. The zero-order chi connectivity index (χ0) is 19.6. The predicted molar refractivity (Wildman–Crippen MR) is 86.3 cm³/mol. The van der Waals surface area contributed by atoms with Crippen molar-refractivity contribution >= 4 is 11.4 Å². The van der Waals surface area contributed by atoms with E-state index in [9.17, 15) is 20.2 Å². The van der Waals surface area contributed by atoms with Crippen LogP contribution in [0.3, 0.4) is 0 Å². The van der Waals surface area contributed by atoms with Crippen molar-refractivity contribution in [3.63, 3.8) is 0 Å². The van der Waals surface area contributed by atoms with Gasteiger partial charge in [0, 0.05) is 20.3 Å². The van der Waals surface area contributed by atoms with Crippen LogP contribution >= 0.6 is 0 Å². The number of methoxy groups -OCH3 is 2. The van der Waals surface area contributed by atoms with E-state index >= 15 is 0 Å². The number of ether oxygens (including phenoxy) is 6. The lowest BCUT2D eigenvalue weighted by atomic mass is 9.98. The van der Waals surface area contributed by atoms with E-state index in [1.54, 1.807) is 0 Å². The van der Waals surface area contributed by atoms with Crippen molar-refractivity contribution in [2.75, 3.05) is 27.6 Å². The average Bonchev–Trinajstić information content (AvgIpc) is 2.66. The molecule has 0 unspecified atom stereocenters. The second-order valence-corrected chi connectivity index (χ2v) is 5.85. The molecule has 0 saturated carbocycles. The molecule has 0 radical (unpaired) electrons. The third kappa shape index (κ3) is 3.84. The molecule has 148 valence electrons. The molecule has 2 saturated heterocycles. The zero-order valence-corrected chi connectivity index (χ0v) is 14.5. The molecule has 27 heavy (non-hydrogen) atoms. The lowest BCUT2D eigenvalue weighted by molar-refractivity contribution is -0.395. The molecular formula is C15H18N2O10. The Balaban J connectivity index is 1.89. The highest BCUT2D eigenvalue weighted by Gasteiger charge is 2.50. The summed E-state index contributed by atoms with van der Waals surface area (Å²) in [5, 5.41) is 22.2. The molecule has 12 heteroatoms. The van der Waals surface area contributed by atoms with E-state index in [2.05, 4.69) is 0 Å². The summed E-state index contributed by atoms with van der Waals surface area (Å²) in [4.78, 5) is 20.7. The zero-order valence-electron chi connectivity index (χ0n) is 14.5. The number of rotatable bonds is 6. The van der Waals surface area contributed by atoms with Crippen molar-refractivity contribution in [1.29, 1.82) is 0 Å². The van der Waals surface area contributed by atoms with E-state index in [4.69, 9.17) is 28.4 Å². The molecule has 0 bridgehead atoms. The Morgan fingerprint density at radius 1 is 1.11 bits per heavy atom. The van der Waals surface area contributed by atoms with Crippen LogP contribution in [0, 0.1) is 20.2 Å². The van der Waals surface area contributed by atoms with Gasteiger partial charge in [-0.15, -0.1) is 0 Å². The van der Waals surface area contributed by atoms with Gasteiger partial charge in [0.05, 0.1) is 22.5 Å². The van der Waals surface area contributed by atoms with E-state index in [1.165, 1.54) is 14.2 Å². The minimum atomic E-state index is -1.08. The summed E-state index contributed by atoms with van der Waals surface area (Å²) >= 11 is 0. The molecule has 0 aliphatic carbocycles. The van der Waals surface area contributed by atoms with Crippen LogP contribution in [0.5, 0.6) is 5.75 Å². The fourth-order valence-corrected chi connectivity index (χ4v) is 3.10. The van der Waals surface area contributed by atoms with Crippen molar-refractivity contribution in [3.05, 3.63) is 38.4 Å². The molecule has 5 atom stereocenters. The monoisotopic (exact) mass is 386 g/mol. The molecule has 0 spiro atoms. The van der Waals surface area contributed by atoms with Crippen LogP contribution in [0.25, 0.3) is 0 Å². The van der Waals surface area contributed by atoms with Crippen LogP contribution in [0.4, 0.5) is 11.4 Å². The summed E-state index contributed by atoms with van der Waals surface area (Å²) < 4.78 is 33.1. The first-order valence-electron chi connectivity index (χ1n) is 7.96. The maximum Gasteiger partial charge on any atom is 0.317 e. The van der Waals surface area contributed by atoms with Gasteiger partial charge in [-0.3, -0.25) is 20.2 Å². The van der Waals surface area contributed by atoms with Crippen LogP contribution in [0.2, 0.25) is 0 Å². The fraction of sp³-hybridized carbons (Fsp3) is 0.600. The molecule has 3 rings (SSSR count). The minimum absolute atomic E-state index is 0.0835. The Labute approximate surface area is 153 Å². The van der Waals surface area contributed by atoms with Crippen molar-refractivity contribution in [2.24, 2.45) is 0 Å². The Bertz CT molecular complexity index is 714. The molecule has 2 fully saturated rings. The van der Waals surface area contributed by atoms with Crippen molar-refractivity contribution in [1.82, 2.24) is 0 Å². The first kappa shape index (κ1) is 19.4. The molecule has 0 amide bonds. The van der Waals surface area contributed by atoms with Crippen molar-refractivity contribution in [3.8, 4) is 5.75 Å². The lowest BCUT2D eigenvalue weighted by Crippen LogP contribution is -2.63. The maximum atomic E-state index is 11.3. The highest BCUT2D eigenvalue weighted by Crippen LogP contribution is 2.35. The summed E-state index contributed by atoms with van der Waals surface area (Å²) in [5.74, 6) is -0.191. The second-order valence-electron chi connectivity index (χ2n) is 5.85. The maximum absolute atomic E-state index is 11.3. The molecule has 0 aromatic heterocycles. The van der Waals surface area contributed by atoms with Crippen LogP contribution < -0.4 is 4.74 Å². The quantitative estimate of drug-likeness (QED) is 0.513. The van der Waals surface area contributed by atoms with Gasteiger partial charge in [-0.25, -0.2) is 0 Å². The summed E-state index contributed by atoms with van der Waals surface area (Å²) in [5.41, 5.74) is -0.985. The normalized spacial score (nSPS) is 30.4. The smallest absolute Gasteiger partial charge is 0.317 e. The predicted octanol–water partition coefficient (Wildman–Crippen LogP) is 1.01. The van der Waals surface area contributed by atoms with Gasteiger partial charge in [0.25, 0.3) is 5.69 Å². The standard InChI is InChI=1S/C15H18N2O10/c1-22-13-12-11(6-24-7-25-12)27-15(14(13)23-2)26-10-4-3-8(16(18)19)5-9(10)17(20)21/h3-5,11-15H,6-7H2,1-2H3/t11-,12+,13+,14-,15-/m1/s1. The Hall–Kier alpha value is -2.38. The number of nitro benzene ring substituents is 2. The number of nitrogens with zero attached hydrogens (tertiary/aromatic N) is 2. The Kier molecular flexibility index (Phi) is 5.82. The first-order chi connectivity index (χ1) is 13.0. The van der Waals surface area contributed by atoms with Gasteiger partial charge in [0.15, 0.2) is 0 Å². The summed E-state index contributed by atoms with van der Waals surface area (Å²) in [6, 6.07) is 3.08. The third-order valence-electron chi connectivity index (χ3n) is 4.35. The minimum Gasteiger partial charge on any atom is -0.455 e. The molecule has 1 aromatic rings. The second kappa shape index (κ2) is 8.10. The molecule has 1 aromatic carbocycles. The third-order valence-corrected chi connectivity index (χ3v) is 4.35. The number of benzene rings is 1. The van der Waals surface area contributed by atoms with Gasteiger partial charge >= 0.3 is 5.69 Å². The lowest BCUT2D eigenvalue weighted by Gasteiger charge is -2.46. The van der Waals surface area contributed by atoms with E-state index in [0.717, 1.165) is 18.2 Å². The van der Waals surface area contributed by atoms with Crippen molar-refractivity contribution in [2.45, 2.75) is 30.7 Å². The Morgan fingerprint density at radius 2 is 1.85 bits per heavy atom. The largest absolute Gasteiger partial charge is 0.455 e. The molecule has 2 aliphatic heterocycles. The number of hydrogen-bond donors (Lipinski definition) is 0. The number of hydrogen-bond acceptors (Lipinski definition) is 10. The van der Waals surface area contributed by atoms with Gasteiger partial charge in [0.2, 0.25) is 12.0 Å². The van der Waals surface area contributed by atoms with E-state index in [0.29, 0.717) is 0 Å². The van der Waals surface area contributed by atoms with E-state index in [-0.39, 0.29) is 19.1 Å². The fourth-order valence-electron chi connectivity index (χ4n) is 3.10. The highest BCUT2D eigenvalue weighted by atomic mass is 16.8. The van der Waals surface area contributed by atoms with E-state index in [1.807, 2.05) is 0 Å². The van der Waals surface area contributed by atoms with E-state index < -0.39 is 51.9 Å². The van der Waals surface area contributed by atoms with Crippen LogP contribution in [0.15, 0.2) is 18.2 Å². The van der Waals surface area contributed by atoms with Crippen LogP contribution in [-0.2, 0) is 23.7 Å². The topological polar surface area (TPSA) is 142 Å². The van der Waals surface area contributed by atoms with Gasteiger partial charge in [0.1, 0.15) is 31.2 Å². The molecule has 0 N–H and O–H groups in total. The molecule has 2 heterocycles. The summed E-state index contributed by atoms with van der Waals surface area (Å²) in [7, 11) is 2.89. The first-order valence-corrected chi connectivity index (χ1v) is 7.96. The summed E-state index contributed by atoms with van der Waals surface area (Å²) in [6.45, 7) is 0.309. The molecule has 12 nitrogen and oxygen atoms in total. The SMILES string of the molecule is CO[C@H]1[C@H]2OCOC[C@H]2O[C@@H](Oc2ccc([N+](=O)[O-])cc2[N+](=O)[O-])[C@@H]1OC. The Morgan fingerprint density at radius 3 is 2.48 bits per heavy atom. The van der Waals surface area contributed by atoms with Gasteiger partial charge in [-0.05, 0) is 6.07 Å². The van der Waals surface area contributed by atoms with Gasteiger partial charge in [-0.1, -0.05) is 0 Å². The van der Waals surface area contributed by atoms with Crippen molar-refractivity contribution < 1.29 is 38.3 Å². The van der Waals surface area contributed by atoms with Crippen LogP contribution in [0.1, 0.15) is 0 Å². The number of nitro groups is 2. The number of non-ortho nitro benzene ring substituents is 1. The summed E-state index contributed by atoms with van der Waals surface area (Å²) in [6.07, 6.45) is -3.40. The highest BCUT2D eigenvalue weighted by molar-refractivity contribution is 5.53. The van der Waals surface area contributed by atoms with Crippen LogP contribution in [-0.4, -0.2) is 68.2 Å². The number of fused-ring (bicyclic) bond motifs is 1. The molecule has 2 aliphatic rings. The molecular weight excluding hydrogens is 368 g/mol. The van der Waals surface area contributed by atoms with Gasteiger partial charge < -0.3 is 28.4 Å².